The highest BCUT2D eigenvalue weighted by atomic mass is 15.2. The van der Waals surface area contributed by atoms with Crippen LogP contribution in [0.1, 0.15) is 30.9 Å². The van der Waals surface area contributed by atoms with Crippen molar-refractivity contribution in [3.05, 3.63) is 35.4 Å². The molecule has 1 aliphatic heterocycles. The summed E-state index contributed by atoms with van der Waals surface area (Å²) in [6, 6.07) is 9.58. The van der Waals surface area contributed by atoms with Crippen molar-refractivity contribution < 1.29 is 0 Å². The maximum Gasteiger partial charge on any atom is 0.0237 e. The molecule has 1 unspecified atom stereocenters. The van der Waals surface area contributed by atoms with Crippen LogP contribution in [0.25, 0.3) is 0 Å². The van der Waals surface area contributed by atoms with Crippen LogP contribution >= 0.6 is 0 Å². The van der Waals surface area contributed by atoms with Crippen LogP contribution in [0.4, 0.5) is 0 Å². The highest BCUT2D eigenvalue weighted by molar-refractivity contribution is 5.27. The lowest BCUT2D eigenvalue weighted by molar-refractivity contribution is 0.264. The summed E-state index contributed by atoms with van der Waals surface area (Å²) >= 11 is 0. The third kappa shape index (κ3) is 4.30. The third-order valence-corrected chi connectivity index (χ3v) is 4.23. The van der Waals surface area contributed by atoms with Gasteiger partial charge < -0.3 is 10.2 Å². The minimum atomic E-state index is 0.723. The Kier molecular flexibility index (Phi) is 6.02. The molecule has 3 heteroatoms. The zero-order chi connectivity index (χ0) is 14.4. The molecule has 2 rings (SSSR count). The van der Waals surface area contributed by atoms with Crippen molar-refractivity contribution in [3.63, 3.8) is 0 Å². The molecule has 20 heavy (non-hydrogen) atoms. The molecule has 1 heterocycles. The van der Waals surface area contributed by atoms with Crippen LogP contribution in [0.15, 0.2) is 24.3 Å². The van der Waals surface area contributed by atoms with Gasteiger partial charge in [0.05, 0.1) is 0 Å². The second-order valence-corrected chi connectivity index (χ2v) is 6.09. The summed E-state index contributed by atoms with van der Waals surface area (Å²) in [5.74, 6) is 0. The van der Waals surface area contributed by atoms with Crippen molar-refractivity contribution in [1.29, 1.82) is 0 Å². The van der Waals surface area contributed by atoms with Crippen LogP contribution < -0.4 is 5.32 Å². The predicted molar refractivity (Wildman–Crippen MR) is 85.8 cm³/mol. The Morgan fingerprint density at radius 2 is 2.00 bits per heavy atom. The van der Waals surface area contributed by atoms with Gasteiger partial charge in [-0.3, -0.25) is 4.90 Å². The summed E-state index contributed by atoms with van der Waals surface area (Å²) in [6.07, 6.45) is 2.49. The Hall–Kier alpha value is -0.900. The van der Waals surface area contributed by atoms with E-state index in [1.54, 1.807) is 0 Å². The fourth-order valence-electron chi connectivity index (χ4n) is 2.90. The number of hydrogen-bond acceptors (Lipinski definition) is 3. The lowest BCUT2D eigenvalue weighted by Crippen LogP contribution is -2.31. The molecule has 0 bridgehead atoms. The minimum absolute atomic E-state index is 0.723. The zero-order valence-corrected chi connectivity index (χ0v) is 13.2. The molecule has 3 nitrogen and oxygen atoms in total. The van der Waals surface area contributed by atoms with Gasteiger partial charge in [0.15, 0.2) is 0 Å². The summed E-state index contributed by atoms with van der Waals surface area (Å²) in [7, 11) is 4.38. The van der Waals surface area contributed by atoms with Gasteiger partial charge in [0, 0.05) is 32.2 Å². The molecule has 0 amide bonds. The SMILES string of the molecule is CCCNCc1ccccc1CN1CCC(N(C)C)C1. The second-order valence-electron chi connectivity index (χ2n) is 6.09. The quantitative estimate of drug-likeness (QED) is 0.771. The van der Waals surface area contributed by atoms with Gasteiger partial charge in [-0.2, -0.15) is 0 Å². The van der Waals surface area contributed by atoms with Gasteiger partial charge in [0.2, 0.25) is 0 Å². The maximum atomic E-state index is 3.52. The van der Waals surface area contributed by atoms with E-state index in [-0.39, 0.29) is 0 Å². The van der Waals surface area contributed by atoms with E-state index in [0.717, 1.165) is 25.7 Å². The van der Waals surface area contributed by atoms with Crippen molar-refractivity contribution in [2.45, 2.75) is 38.9 Å². The van der Waals surface area contributed by atoms with Crippen molar-refractivity contribution in [2.75, 3.05) is 33.7 Å². The Morgan fingerprint density at radius 3 is 2.65 bits per heavy atom. The van der Waals surface area contributed by atoms with E-state index < -0.39 is 0 Å². The van der Waals surface area contributed by atoms with E-state index in [9.17, 15) is 0 Å². The number of likely N-dealkylation sites (tertiary alicyclic amines) is 1. The number of nitrogens with one attached hydrogen (secondary N) is 1. The van der Waals surface area contributed by atoms with Crippen molar-refractivity contribution >= 4 is 0 Å². The molecule has 0 aromatic heterocycles. The molecular formula is C17H29N3. The third-order valence-electron chi connectivity index (χ3n) is 4.23. The monoisotopic (exact) mass is 275 g/mol. The van der Waals surface area contributed by atoms with E-state index in [0.29, 0.717) is 0 Å². The van der Waals surface area contributed by atoms with Gasteiger partial charge in [0.25, 0.3) is 0 Å². The van der Waals surface area contributed by atoms with E-state index in [1.165, 1.54) is 37.1 Å². The molecule has 1 atom stereocenters. The normalized spacial score (nSPS) is 19.9. The van der Waals surface area contributed by atoms with E-state index >= 15 is 0 Å². The average Bonchev–Trinajstić information content (AvgIpc) is 2.90. The maximum absolute atomic E-state index is 3.52. The number of rotatable bonds is 7. The first kappa shape index (κ1) is 15.5. The number of benzene rings is 1. The molecule has 1 aromatic rings. The first-order chi connectivity index (χ1) is 9.70. The lowest BCUT2D eigenvalue weighted by atomic mass is 10.1. The largest absolute Gasteiger partial charge is 0.313 e. The first-order valence-electron chi connectivity index (χ1n) is 7.87. The molecule has 0 saturated carbocycles. The molecule has 1 aliphatic rings. The first-order valence-corrected chi connectivity index (χ1v) is 7.87. The van der Waals surface area contributed by atoms with E-state index in [1.807, 2.05) is 0 Å². The summed E-state index contributed by atoms with van der Waals surface area (Å²) < 4.78 is 0. The Balaban J connectivity index is 1.92. The highest BCUT2D eigenvalue weighted by Gasteiger charge is 2.24. The molecule has 0 aliphatic carbocycles. The molecule has 1 N–H and O–H groups in total. The number of nitrogens with zero attached hydrogens (tertiary/aromatic N) is 2. The Labute approximate surface area is 124 Å². The van der Waals surface area contributed by atoms with Crippen LogP contribution in [0.2, 0.25) is 0 Å². The van der Waals surface area contributed by atoms with Crippen LogP contribution in [0, 0.1) is 0 Å². The molecule has 112 valence electrons. The average molecular weight is 275 g/mol. The fraction of sp³-hybridized carbons (Fsp3) is 0.647. The predicted octanol–water partition coefficient (Wildman–Crippen LogP) is 2.32. The number of hydrogen-bond donors (Lipinski definition) is 1. The van der Waals surface area contributed by atoms with Crippen LogP contribution in [-0.4, -0.2) is 49.6 Å². The molecule has 0 radical (unpaired) electrons. The highest BCUT2D eigenvalue weighted by Crippen LogP contribution is 2.18. The molecule has 1 aromatic carbocycles. The van der Waals surface area contributed by atoms with Crippen molar-refractivity contribution in [3.8, 4) is 0 Å². The van der Waals surface area contributed by atoms with Gasteiger partial charge >= 0.3 is 0 Å². The van der Waals surface area contributed by atoms with Crippen LogP contribution in [0.3, 0.4) is 0 Å². The van der Waals surface area contributed by atoms with Crippen LogP contribution in [-0.2, 0) is 13.1 Å². The Bertz CT molecular complexity index is 403. The fourth-order valence-corrected chi connectivity index (χ4v) is 2.90. The molecule has 1 fully saturated rings. The van der Waals surface area contributed by atoms with Gasteiger partial charge in [-0.1, -0.05) is 31.2 Å². The summed E-state index contributed by atoms with van der Waals surface area (Å²) in [5.41, 5.74) is 2.93. The van der Waals surface area contributed by atoms with Crippen molar-refractivity contribution in [2.24, 2.45) is 0 Å². The molecule has 1 saturated heterocycles. The molecule has 0 spiro atoms. The van der Waals surface area contributed by atoms with Crippen molar-refractivity contribution in [1.82, 2.24) is 15.1 Å². The second kappa shape index (κ2) is 7.77. The van der Waals surface area contributed by atoms with Crippen LogP contribution in [0.5, 0.6) is 0 Å². The van der Waals surface area contributed by atoms with Gasteiger partial charge in [0.1, 0.15) is 0 Å². The summed E-state index contributed by atoms with van der Waals surface area (Å²) in [6.45, 7) is 7.82. The van der Waals surface area contributed by atoms with E-state index in [2.05, 4.69) is 60.4 Å². The minimum Gasteiger partial charge on any atom is -0.313 e. The topological polar surface area (TPSA) is 18.5 Å². The Morgan fingerprint density at radius 1 is 1.25 bits per heavy atom. The van der Waals surface area contributed by atoms with E-state index in [4.69, 9.17) is 0 Å². The lowest BCUT2D eigenvalue weighted by Gasteiger charge is -2.21. The van der Waals surface area contributed by atoms with Gasteiger partial charge in [-0.25, -0.2) is 0 Å². The number of likely N-dealkylation sites (N-methyl/N-ethyl adjacent to an activating group) is 1. The van der Waals surface area contributed by atoms with Gasteiger partial charge in [-0.15, -0.1) is 0 Å². The molecular weight excluding hydrogens is 246 g/mol. The standard InChI is InChI=1S/C17H29N3/c1-4-10-18-12-15-7-5-6-8-16(15)13-20-11-9-17(14-20)19(2)3/h5-8,17-18H,4,9-14H2,1-3H3. The van der Waals surface area contributed by atoms with Gasteiger partial charge in [-0.05, 0) is 44.6 Å². The zero-order valence-electron chi connectivity index (χ0n) is 13.2. The summed E-state index contributed by atoms with van der Waals surface area (Å²) in [4.78, 5) is 4.94. The smallest absolute Gasteiger partial charge is 0.0237 e. The summed E-state index contributed by atoms with van der Waals surface area (Å²) in [5, 5.41) is 3.52.